The molecule has 0 radical (unpaired) electrons. The van der Waals surface area contributed by atoms with E-state index < -0.39 is 0 Å². The zero-order valence-electron chi connectivity index (χ0n) is 21.1. The number of carbonyl (C=O) groups excluding carboxylic acids is 1. The summed E-state index contributed by atoms with van der Waals surface area (Å²) in [7, 11) is 0. The van der Waals surface area contributed by atoms with Gasteiger partial charge in [0, 0.05) is 25.1 Å². The molecule has 5 rings (SSSR count). The van der Waals surface area contributed by atoms with Gasteiger partial charge in [0.15, 0.2) is 5.78 Å². The summed E-state index contributed by atoms with van der Waals surface area (Å²) in [6.45, 7) is 8.52. The Balaban J connectivity index is 1.14. The molecule has 2 saturated heterocycles. The van der Waals surface area contributed by atoms with Crippen LogP contribution in [-0.4, -0.2) is 68.1 Å². The van der Waals surface area contributed by atoms with Crippen molar-refractivity contribution in [3.05, 3.63) is 47.5 Å². The van der Waals surface area contributed by atoms with E-state index in [0.717, 1.165) is 66.3 Å². The third-order valence-electron chi connectivity index (χ3n) is 7.68. The summed E-state index contributed by atoms with van der Waals surface area (Å²) in [5.74, 6) is 1.83. The Bertz CT molecular complexity index is 993. The van der Waals surface area contributed by atoms with Crippen LogP contribution in [0.5, 0.6) is 11.5 Å². The number of likely N-dealkylation sites (tertiary alicyclic amines) is 2. The van der Waals surface area contributed by atoms with E-state index in [1.165, 1.54) is 64.7 Å². The number of nitrogens with zero attached hydrogens (tertiary/aromatic N) is 2. The van der Waals surface area contributed by atoms with E-state index >= 15 is 0 Å². The summed E-state index contributed by atoms with van der Waals surface area (Å²) in [5, 5.41) is 0. The second-order valence-electron chi connectivity index (χ2n) is 10.3. The van der Waals surface area contributed by atoms with Gasteiger partial charge in [-0.3, -0.25) is 4.79 Å². The van der Waals surface area contributed by atoms with Crippen LogP contribution in [0.4, 0.5) is 0 Å². The van der Waals surface area contributed by atoms with E-state index in [4.69, 9.17) is 9.47 Å². The van der Waals surface area contributed by atoms with E-state index in [2.05, 4.69) is 21.9 Å². The molecule has 0 amide bonds. The fraction of sp³-hybridized carbons (Fsp3) is 0.567. The molecule has 2 aromatic carbocycles. The van der Waals surface area contributed by atoms with Crippen LogP contribution in [0.3, 0.4) is 0 Å². The Hall–Kier alpha value is -2.37. The Labute approximate surface area is 210 Å². The number of hydrogen-bond donors (Lipinski definition) is 0. The maximum Gasteiger partial charge on any atom is 0.168 e. The third-order valence-corrected chi connectivity index (χ3v) is 7.68. The van der Waals surface area contributed by atoms with Crippen molar-refractivity contribution >= 4 is 5.78 Å². The van der Waals surface area contributed by atoms with Gasteiger partial charge in [0.1, 0.15) is 11.5 Å². The van der Waals surface area contributed by atoms with E-state index in [-0.39, 0.29) is 5.78 Å². The minimum Gasteiger partial charge on any atom is -0.494 e. The average molecular weight is 477 g/mol. The van der Waals surface area contributed by atoms with Crippen molar-refractivity contribution in [2.75, 3.05) is 52.5 Å². The molecule has 2 fully saturated rings. The summed E-state index contributed by atoms with van der Waals surface area (Å²) in [4.78, 5) is 18.1. The SMILES string of the molecule is O=C1Cc2cc(OCCCN3CCCCC3)ccc2-c2ccc(OCCCN3CCCCC3)cc21. The Morgan fingerprint density at radius 1 is 0.629 bits per heavy atom. The molecule has 0 atom stereocenters. The number of carbonyl (C=O) groups is 1. The molecule has 3 aliphatic rings. The van der Waals surface area contributed by atoms with Crippen LogP contribution in [0.2, 0.25) is 0 Å². The van der Waals surface area contributed by atoms with Gasteiger partial charge in [-0.15, -0.1) is 0 Å². The first kappa shape index (κ1) is 24.3. The average Bonchev–Trinajstić information content (AvgIpc) is 2.90. The van der Waals surface area contributed by atoms with Gasteiger partial charge in [-0.05, 0) is 112 Å². The van der Waals surface area contributed by atoms with Crippen molar-refractivity contribution in [2.24, 2.45) is 0 Å². The highest BCUT2D eigenvalue weighted by atomic mass is 16.5. The Kier molecular flexibility index (Phi) is 8.37. The van der Waals surface area contributed by atoms with Crippen LogP contribution in [0.15, 0.2) is 36.4 Å². The van der Waals surface area contributed by atoms with E-state index in [1.54, 1.807) is 0 Å². The zero-order chi connectivity index (χ0) is 23.9. The number of ketones is 1. The molecule has 0 bridgehead atoms. The summed E-state index contributed by atoms with van der Waals surface area (Å²) < 4.78 is 12.1. The highest BCUT2D eigenvalue weighted by Crippen LogP contribution is 2.37. The Morgan fingerprint density at radius 3 is 1.77 bits per heavy atom. The summed E-state index contributed by atoms with van der Waals surface area (Å²) in [5.41, 5.74) is 3.98. The van der Waals surface area contributed by atoms with Crippen LogP contribution in [0.1, 0.15) is 67.3 Å². The van der Waals surface area contributed by atoms with E-state index in [0.29, 0.717) is 13.0 Å². The second-order valence-corrected chi connectivity index (χ2v) is 10.3. The van der Waals surface area contributed by atoms with Crippen molar-refractivity contribution < 1.29 is 14.3 Å². The lowest BCUT2D eigenvalue weighted by molar-refractivity contribution is 0.0991. The molecule has 188 valence electrons. The fourth-order valence-electron chi connectivity index (χ4n) is 5.74. The van der Waals surface area contributed by atoms with E-state index in [9.17, 15) is 4.79 Å². The number of piperidine rings is 2. The highest BCUT2D eigenvalue weighted by Gasteiger charge is 2.23. The topological polar surface area (TPSA) is 42.0 Å². The van der Waals surface area contributed by atoms with Gasteiger partial charge in [-0.25, -0.2) is 0 Å². The van der Waals surface area contributed by atoms with Gasteiger partial charge in [0.25, 0.3) is 0 Å². The normalized spacial score (nSPS) is 18.7. The van der Waals surface area contributed by atoms with Crippen LogP contribution < -0.4 is 9.47 Å². The lowest BCUT2D eigenvalue weighted by atomic mass is 9.84. The van der Waals surface area contributed by atoms with Gasteiger partial charge in [0.2, 0.25) is 0 Å². The number of rotatable bonds is 10. The smallest absolute Gasteiger partial charge is 0.168 e. The van der Waals surface area contributed by atoms with Crippen LogP contribution >= 0.6 is 0 Å². The molecule has 5 heteroatoms. The molecule has 0 N–H and O–H groups in total. The minimum absolute atomic E-state index is 0.161. The van der Waals surface area contributed by atoms with Crippen molar-refractivity contribution in [1.29, 1.82) is 0 Å². The molecule has 0 unspecified atom stereocenters. The van der Waals surface area contributed by atoms with Crippen molar-refractivity contribution in [2.45, 2.75) is 57.8 Å². The van der Waals surface area contributed by atoms with Gasteiger partial charge in [0.05, 0.1) is 13.2 Å². The Morgan fingerprint density at radius 2 is 1.17 bits per heavy atom. The standard InChI is InChI=1S/C30H40N2O3/c33-30-22-24-21-25(34-19-7-17-31-13-3-1-4-14-31)9-11-27(24)28-12-10-26(23-29(28)30)35-20-8-18-32-15-5-2-6-16-32/h9-12,21,23H,1-8,13-20,22H2. The van der Waals surface area contributed by atoms with Crippen molar-refractivity contribution in [3.8, 4) is 22.6 Å². The van der Waals surface area contributed by atoms with Gasteiger partial charge >= 0.3 is 0 Å². The van der Waals surface area contributed by atoms with Crippen molar-refractivity contribution in [1.82, 2.24) is 9.80 Å². The molecule has 1 aliphatic carbocycles. The van der Waals surface area contributed by atoms with Gasteiger partial charge in [-0.2, -0.15) is 0 Å². The monoisotopic (exact) mass is 476 g/mol. The summed E-state index contributed by atoms with van der Waals surface area (Å²) >= 11 is 0. The molecule has 0 spiro atoms. The number of Topliss-reactive ketones (excluding diaryl/α,β-unsaturated/α-hetero) is 1. The quantitative estimate of drug-likeness (QED) is 0.418. The van der Waals surface area contributed by atoms with Crippen LogP contribution in [0.25, 0.3) is 11.1 Å². The maximum atomic E-state index is 13.0. The molecule has 5 nitrogen and oxygen atoms in total. The van der Waals surface area contributed by atoms with Crippen LogP contribution in [-0.2, 0) is 6.42 Å². The molecule has 2 aromatic rings. The molecule has 0 saturated carbocycles. The lowest BCUT2D eigenvalue weighted by Gasteiger charge is -2.26. The largest absolute Gasteiger partial charge is 0.494 e. The summed E-state index contributed by atoms with van der Waals surface area (Å²) in [6.07, 6.45) is 10.5. The van der Waals surface area contributed by atoms with Gasteiger partial charge < -0.3 is 19.3 Å². The molecular formula is C30H40N2O3. The van der Waals surface area contributed by atoms with Gasteiger partial charge in [-0.1, -0.05) is 18.9 Å². The highest BCUT2D eigenvalue weighted by molar-refractivity contribution is 6.07. The minimum atomic E-state index is 0.161. The van der Waals surface area contributed by atoms with E-state index in [1.807, 2.05) is 24.3 Å². The fourth-order valence-corrected chi connectivity index (χ4v) is 5.74. The first-order chi connectivity index (χ1) is 17.3. The molecule has 35 heavy (non-hydrogen) atoms. The summed E-state index contributed by atoms with van der Waals surface area (Å²) in [6, 6.07) is 12.2. The molecule has 2 heterocycles. The second kappa shape index (κ2) is 12.0. The number of fused-ring (bicyclic) bond motifs is 3. The molecular weight excluding hydrogens is 436 g/mol. The van der Waals surface area contributed by atoms with Crippen LogP contribution in [0, 0.1) is 0 Å². The number of ether oxygens (including phenoxy) is 2. The third kappa shape index (κ3) is 6.45. The maximum absolute atomic E-state index is 13.0. The first-order valence-electron chi connectivity index (χ1n) is 13.8. The zero-order valence-corrected chi connectivity index (χ0v) is 21.1. The predicted molar refractivity (Wildman–Crippen MR) is 141 cm³/mol. The van der Waals surface area contributed by atoms with Crippen molar-refractivity contribution in [3.63, 3.8) is 0 Å². The molecule has 0 aromatic heterocycles. The number of benzene rings is 2. The lowest BCUT2D eigenvalue weighted by Crippen LogP contribution is -2.31. The predicted octanol–water partition coefficient (Wildman–Crippen LogP) is 5.60. The first-order valence-corrected chi connectivity index (χ1v) is 13.8. The number of hydrogen-bond acceptors (Lipinski definition) is 5. The molecule has 2 aliphatic heterocycles.